The number of aromatic hydroxyl groups is 1. The van der Waals surface area contributed by atoms with Crippen molar-refractivity contribution in [2.24, 2.45) is 0 Å². The first-order valence-electron chi connectivity index (χ1n) is 7.32. The Bertz CT molecular complexity index is 687. The van der Waals surface area contributed by atoms with Crippen molar-refractivity contribution in [3.63, 3.8) is 0 Å². The summed E-state index contributed by atoms with van der Waals surface area (Å²) in [6.07, 6.45) is 2.68. The standard InChI is InChI=1S/C17H20O6/c1-9(5-7-13(18)19)4-6-11-15(20)14-12(8-23-17(14)21)10(2)16(11)22-3/h4,20H,5-8H2,1-3H3,(H,18,19)/b9-4+/i13+2. The van der Waals surface area contributed by atoms with Crippen LogP contribution in [0.15, 0.2) is 11.6 Å². The molecule has 0 saturated carbocycles. The number of hydrogen-bond donors (Lipinski definition) is 2. The molecule has 0 fully saturated rings. The van der Waals surface area contributed by atoms with Crippen LogP contribution in [0.1, 0.15) is 46.8 Å². The SMILES string of the molecule is COc1c(C)c2c(c(O)c1C/C=C(\C)CC[14C](=O)O)C(=O)OC2. The fourth-order valence-electron chi connectivity index (χ4n) is 2.71. The summed E-state index contributed by atoms with van der Waals surface area (Å²) in [4.78, 5) is 22.4. The Kier molecular flexibility index (Phi) is 4.93. The molecule has 0 aromatic heterocycles. The molecule has 2 N–H and O–H groups in total. The van der Waals surface area contributed by atoms with Gasteiger partial charge in [-0.3, -0.25) is 4.79 Å². The van der Waals surface area contributed by atoms with E-state index in [2.05, 4.69) is 0 Å². The number of esters is 1. The van der Waals surface area contributed by atoms with Crippen LogP contribution < -0.4 is 4.74 Å². The molecule has 1 aromatic carbocycles. The molecule has 23 heavy (non-hydrogen) atoms. The molecule has 0 bridgehead atoms. The number of carbonyl (C=O) groups is 2. The van der Waals surface area contributed by atoms with Crippen LogP contribution in [0.5, 0.6) is 11.5 Å². The Morgan fingerprint density at radius 1 is 1.48 bits per heavy atom. The highest BCUT2D eigenvalue weighted by Gasteiger charge is 2.31. The summed E-state index contributed by atoms with van der Waals surface area (Å²) in [5, 5.41) is 19.1. The maximum atomic E-state index is 11.8. The van der Waals surface area contributed by atoms with Crippen molar-refractivity contribution in [2.45, 2.75) is 39.7 Å². The summed E-state index contributed by atoms with van der Waals surface area (Å²) >= 11 is 0. The molecule has 0 aliphatic carbocycles. The van der Waals surface area contributed by atoms with Gasteiger partial charge in [-0.1, -0.05) is 11.6 Å². The lowest BCUT2D eigenvalue weighted by atomic mass is 9.95. The van der Waals surface area contributed by atoms with Crippen molar-refractivity contribution in [2.75, 3.05) is 7.11 Å². The molecular weight excluding hydrogens is 302 g/mol. The number of benzene rings is 1. The lowest BCUT2D eigenvalue weighted by Crippen LogP contribution is -2.03. The minimum atomic E-state index is -0.853. The Hall–Kier alpha value is -2.50. The average molecular weight is 322 g/mol. The molecule has 124 valence electrons. The van der Waals surface area contributed by atoms with E-state index in [1.165, 1.54) is 7.11 Å². The Morgan fingerprint density at radius 2 is 2.17 bits per heavy atom. The predicted octanol–water partition coefficient (Wildman–Crippen LogP) is 2.73. The predicted molar refractivity (Wildman–Crippen MR) is 82.8 cm³/mol. The van der Waals surface area contributed by atoms with Crippen molar-refractivity contribution in [3.05, 3.63) is 33.9 Å². The number of carbonyl (C=O) groups excluding carboxylic acids is 1. The van der Waals surface area contributed by atoms with Crippen LogP contribution in [0.2, 0.25) is 0 Å². The normalized spacial score (nSPS) is 13.7. The summed E-state index contributed by atoms with van der Waals surface area (Å²) < 4.78 is 10.4. The van der Waals surface area contributed by atoms with E-state index in [0.717, 1.165) is 11.1 Å². The van der Waals surface area contributed by atoms with Gasteiger partial charge in [-0.2, -0.15) is 0 Å². The molecule has 2 rings (SSSR count). The number of fused-ring (bicyclic) bond motifs is 1. The first kappa shape index (κ1) is 16.9. The second-order valence-corrected chi connectivity index (χ2v) is 5.56. The second kappa shape index (κ2) is 6.73. The first-order chi connectivity index (χ1) is 10.9. The molecule has 0 unspecified atom stereocenters. The van der Waals surface area contributed by atoms with Crippen molar-refractivity contribution in [1.29, 1.82) is 0 Å². The summed E-state index contributed by atoms with van der Waals surface area (Å²) in [5.74, 6) is -0.973. The van der Waals surface area contributed by atoms with Crippen LogP contribution >= 0.6 is 0 Å². The van der Waals surface area contributed by atoms with Gasteiger partial charge in [0, 0.05) is 17.5 Å². The summed E-state index contributed by atoms with van der Waals surface area (Å²) in [6.45, 7) is 3.79. The number of carboxylic acids is 1. The van der Waals surface area contributed by atoms with Gasteiger partial charge in [0.25, 0.3) is 0 Å². The highest BCUT2D eigenvalue weighted by molar-refractivity contribution is 5.98. The van der Waals surface area contributed by atoms with Crippen molar-refractivity contribution in [3.8, 4) is 11.5 Å². The number of methoxy groups -OCH3 is 1. The highest BCUT2D eigenvalue weighted by atomic mass is 16.6. The van der Waals surface area contributed by atoms with Gasteiger partial charge >= 0.3 is 11.9 Å². The zero-order valence-electron chi connectivity index (χ0n) is 13.4. The highest BCUT2D eigenvalue weighted by Crippen LogP contribution is 2.41. The first-order valence-corrected chi connectivity index (χ1v) is 7.32. The minimum Gasteiger partial charge on any atom is -0.507 e. The average Bonchev–Trinajstić information content (AvgIpc) is 2.89. The monoisotopic (exact) mass is 322 g/mol. The number of rotatable bonds is 6. The van der Waals surface area contributed by atoms with E-state index in [1.807, 2.05) is 19.9 Å². The molecule has 0 atom stereocenters. The number of carboxylic acid groups (broad SMARTS) is 1. The fraction of sp³-hybridized carbons (Fsp3) is 0.412. The van der Waals surface area contributed by atoms with Crippen LogP contribution in [0.25, 0.3) is 0 Å². The van der Waals surface area contributed by atoms with Crippen molar-refractivity contribution < 1.29 is 29.3 Å². The zero-order valence-corrected chi connectivity index (χ0v) is 13.4. The van der Waals surface area contributed by atoms with E-state index in [9.17, 15) is 14.7 Å². The van der Waals surface area contributed by atoms with Crippen LogP contribution in [-0.4, -0.2) is 29.3 Å². The Morgan fingerprint density at radius 3 is 2.78 bits per heavy atom. The molecule has 6 heteroatoms. The second-order valence-electron chi connectivity index (χ2n) is 5.56. The number of allylic oxidation sites excluding steroid dienone is 2. The van der Waals surface area contributed by atoms with Crippen molar-refractivity contribution >= 4 is 11.9 Å². The van der Waals surface area contributed by atoms with Crippen LogP contribution in [0.4, 0.5) is 0 Å². The molecule has 0 amide bonds. The van der Waals surface area contributed by atoms with Gasteiger partial charge in [0.1, 0.15) is 23.7 Å². The summed E-state index contributed by atoms with van der Waals surface area (Å²) in [5.41, 5.74) is 3.04. The lowest BCUT2D eigenvalue weighted by molar-refractivity contribution is -0.136. The third-order valence-electron chi connectivity index (χ3n) is 4.04. The molecule has 6 nitrogen and oxygen atoms in total. The number of cyclic esters (lactones) is 1. The third kappa shape index (κ3) is 3.31. The molecule has 0 saturated heterocycles. The van der Waals surface area contributed by atoms with Gasteiger partial charge in [-0.25, -0.2) is 4.79 Å². The van der Waals surface area contributed by atoms with Gasteiger partial charge in [-0.05, 0) is 32.3 Å². The quantitative estimate of drug-likeness (QED) is 0.618. The molecule has 1 aromatic rings. The van der Waals surface area contributed by atoms with Gasteiger partial charge < -0.3 is 19.7 Å². The van der Waals surface area contributed by atoms with E-state index in [1.54, 1.807) is 0 Å². The number of ether oxygens (including phenoxy) is 2. The van der Waals surface area contributed by atoms with Crippen LogP contribution in [-0.2, 0) is 22.6 Å². The number of aliphatic carboxylic acids is 1. The molecule has 1 heterocycles. The molecule has 1 aliphatic rings. The van der Waals surface area contributed by atoms with E-state index < -0.39 is 11.9 Å². The lowest BCUT2D eigenvalue weighted by Gasteiger charge is -2.15. The smallest absolute Gasteiger partial charge is 0.342 e. The molecule has 1 aliphatic heterocycles. The Balaban J connectivity index is 2.37. The van der Waals surface area contributed by atoms with E-state index in [0.29, 0.717) is 29.7 Å². The number of phenolic OH excluding ortho intramolecular Hbond substituents is 1. The van der Waals surface area contributed by atoms with E-state index in [4.69, 9.17) is 14.6 Å². The number of hydrogen-bond acceptors (Lipinski definition) is 5. The van der Waals surface area contributed by atoms with Crippen LogP contribution in [0.3, 0.4) is 0 Å². The van der Waals surface area contributed by atoms with E-state index in [-0.39, 0.29) is 24.3 Å². The molecule has 0 radical (unpaired) electrons. The summed E-state index contributed by atoms with van der Waals surface area (Å²) in [6, 6.07) is 0. The topological polar surface area (TPSA) is 93.1 Å². The minimum absolute atomic E-state index is 0.0565. The maximum Gasteiger partial charge on any atom is 0.342 e. The number of phenols is 1. The maximum absolute atomic E-state index is 11.8. The van der Waals surface area contributed by atoms with Gasteiger partial charge in [-0.15, -0.1) is 0 Å². The zero-order chi connectivity index (χ0) is 17.1. The third-order valence-corrected chi connectivity index (χ3v) is 4.04. The van der Waals surface area contributed by atoms with Crippen molar-refractivity contribution in [1.82, 2.24) is 0 Å². The van der Waals surface area contributed by atoms with Gasteiger partial charge in [0.15, 0.2) is 0 Å². The van der Waals surface area contributed by atoms with E-state index >= 15 is 0 Å². The largest absolute Gasteiger partial charge is 0.507 e. The molecule has 0 spiro atoms. The summed E-state index contributed by atoms with van der Waals surface area (Å²) in [7, 11) is 1.51. The van der Waals surface area contributed by atoms with Crippen LogP contribution in [0, 0.1) is 6.92 Å². The Labute approximate surface area is 134 Å². The van der Waals surface area contributed by atoms with Gasteiger partial charge in [0.2, 0.25) is 0 Å². The fourth-order valence-corrected chi connectivity index (χ4v) is 2.71. The molecular formula is C17H20O6. The van der Waals surface area contributed by atoms with Gasteiger partial charge in [0.05, 0.1) is 7.11 Å².